The van der Waals surface area contributed by atoms with Crippen molar-refractivity contribution < 1.29 is 9.84 Å². The van der Waals surface area contributed by atoms with Gasteiger partial charge in [-0.1, -0.05) is 37.3 Å². The molecule has 0 amide bonds. The molecule has 35 heavy (non-hydrogen) atoms. The van der Waals surface area contributed by atoms with Gasteiger partial charge in [-0.25, -0.2) is 0 Å². The van der Waals surface area contributed by atoms with E-state index in [1.807, 2.05) is 0 Å². The van der Waals surface area contributed by atoms with Gasteiger partial charge < -0.3 is 19.6 Å². The molecule has 3 aliphatic rings. The number of benzene rings is 2. The molecule has 1 fully saturated rings. The topological polar surface area (TPSA) is 42.4 Å². The fourth-order valence-electron chi connectivity index (χ4n) is 5.89. The van der Waals surface area contributed by atoms with E-state index < -0.39 is 0 Å². The summed E-state index contributed by atoms with van der Waals surface area (Å²) in [4.78, 5) is 9.65. The second-order valence-corrected chi connectivity index (χ2v) is 10.6. The first-order valence-electron chi connectivity index (χ1n) is 13.5. The number of likely N-dealkylation sites (tertiary alicyclic amines) is 1. The molecule has 0 bridgehead atoms. The van der Waals surface area contributed by atoms with Gasteiger partial charge in [-0.15, -0.1) is 0 Å². The molecule has 5 rings (SSSR count). The van der Waals surface area contributed by atoms with Crippen LogP contribution in [0.15, 0.2) is 42.5 Å². The van der Waals surface area contributed by atoms with E-state index in [9.17, 15) is 5.11 Å². The highest BCUT2D eigenvalue weighted by atomic mass is 16.5. The first-order chi connectivity index (χ1) is 17.1. The van der Waals surface area contributed by atoms with Gasteiger partial charge in [0.25, 0.3) is 0 Å². The first kappa shape index (κ1) is 24.6. The van der Waals surface area contributed by atoms with Crippen molar-refractivity contribution in [2.75, 3.05) is 64.3 Å². The summed E-state index contributed by atoms with van der Waals surface area (Å²) in [5.74, 6) is 0.990. The third-order valence-electron chi connectivity index (χ3n) is 8.05. The molecular formula is C29H42N4O2. The zero-order valence-electron chi connectivity index (χ0n) is 21.5. The number of ether oxygens (including phenoxy) is 1. The zero-order valence-corrected chi connectivity index (χ0v) is 21.5. The van der Waals surface area contributed by atoms with Gasteiger partial charge in [-0.2, -0.15) is 0 Å². The van der Waals surface area contributed by atoms with Crippen LogP contribution < -0.4 is 9.64 Å². The van der Waals surface area contributed by atoms with E-state index in [1.54, 1.807) is 0 Å². The number of fused-ring (bicyclic) bond motifs is 2. The van der Waals surface area contributed by atoms with Crippen molar-refractivity contribution >= 4 is 5.69 Å². The normalized spacial score (nSPS) is 21.3. The van der Waals surface area contributed by atoms with Crippen LogP contribution in [0, 0.1) is 0 Å². The summed E-state index contributed by atoms with van der Waals surface area (Å²) in [6, 6.07) is 15.3. The molecule has 0 aromatic heterocycles. The van der Waals surface area contributed by atoms with Gasteiger partial charge in [0.1, 0.15) is 11.9 Å². The molecule has 0 saturated carbocycles. The van der Waals surface area contributed by atoms with Crippen LogP contribution in [0.3, 0.4) is 0 Å². The van der Waals surface area contributed by atoms with Crippen LogP contribution in [0.1, 0.15) is 36.5 Å². The van der Waals surface area contributed by atoms with Crippen molar-refractivity contribution in [1.29, 1.82) is 0 Å². The highest BCUT2D eigenvalue weighted by molar-refractivity contribution is 5.57. The van der Waals surface area contributed by atoms with Crippen molar-refractivity contribution in [1.82, 2.24) is 14.7 Å². The van der Waals surface area contributed by atoms with Crippen LogP contribution in [-0.2, 0) is 19.5 Å². The molecule has 6 heteroatoms. The van der Waals surface area contributed by atoms with E-state index in [1.165, 1.54) is 22.4 Å². The molecule has 1 saturated heterocycles. The fraction of sp³-hybridized carbons (Fsp3) is 0.586. The molecule has 190 valence electrons. The summed E-state index contributed by atoms with van der Waals surface area (Å²) in [6.45, 7) is 11.8. The molecule has 3 aliphatic heterocycles. The van der Waals surface area contributed by atoms with Gasteiger partial charge in [0.2, 0.25) is 0 Å². The Bertz CT molecular complexity index is 975. The van der Waals surface area contributed by atoms with Crippen LogP contribution in [0.2, 0.25) is 0 Å². The standard InChI is InChI=1S/C29H42N4O2/c1-3-31-14-11-27(12-15-31)35-28-9-8-25-20-33(17-16-30(2)29(25)18-28)22-26(34)21-32-13-10-23-6-4-5-7-24(23)19-32/h4-9,18,26-27,34H,3,10-17,19-22H2,1-2H3. The number of piperidine rings is 1. The number of aliphatic hydroxyl groups excluding tert-OH is 1. The number of hydrogen-bond acceptors (Lipinski definition) is 6. The lowest BCUT2D eigenvalue weighted by Gasteiger charge is -2.32. The Morgan fingerprint density at radius 1 is 0.857 bits per heavy atom. The van der Waals surface area contributed by atoms with Crippen molar-refractivity contribution in [3.8, 4) is 5.75 Å². The second kappa shape index (κ2) is 11.3. The number of anilines is 1. The zero-order chi connectivity index (χ0) is 24.2. The maximum Gasteiger partial charge on any atom is 0.121 e. The monoisotopic (exact) mass is 478 g/mol. The molecule has 6 nitrogen and oxygen atoms in total. The van der Waals surface area contributed by atoms with Crippen LogP contribution in [-0.4, -0.2) is 91.4 Å². The fourth-order valence-corrected chi connectivity index (χ4v) is 5.89. The Morgan fingerprint density at radius 2 is 1.57 bits per heavy atom. The summed E-state index contributed by atoms with van der Waals surface area (Å²) in [7, 11) is 2.17. The maximum atomic E-state index is 10.9. The minimum Gasteiger partial charge on any atom is -0.490 e. The highest BCUT2D eigenvalue weighted by Crippen LogP contribution is 2.30. The quantitative estimate of drug-likeness (QED) is 0.659. The lowest BCUT2D eigenvalue weighted by Crippen LogP contribution is -2.42. The predicted molar refractivity (Wildman–Crippen MR) is 142 cm³/mol. The molecule has 3 heterocycles. The number of rotatable bonds is 7. The molecule has 1 N–H and O–H groups in total. The Morgan fingerprint density at radius 3 is 2.34 bits per heavy atom. The van der Waals surface area contributed by atoms with E-state index in [4.69, 9.17) is 4.74 Å². The number of hydrogen-bond donors (Lipinski definition) is 1. The van der Waals surface area contributed by atoms with Gasteiger partial charge in [0, 0.05) is 77.7 Å². The van der Waals surface area contributed by atoms with E-state index in [0.29, 0.717) is 12.6 Å². The number of aliphatic hydroxyl groups is 1. The van der Waals surface area contributed by atoms with Crippen LogP contribution >= 0.6 is 0 Å². The van der Waals surface area contributed by atoms with E-state index >= 15 is 0 Å². The smallest absolute Gasteiger partial charge is 0.121 e. The maximum absolute atomic E-state index is 10.9. The van der Waals surface area contributed by atoms with E-state index in [0.717, 1.165) is 83.9 Å². The van der Waals surface area contributed by atoms with Gasteiger partial charge >= 0.3 is 0 Å². The molecule has 0 spiro atoms. The van der Waals surface area contributed by atoms with Gasteiger partial charge in [0.05, 0.1) is 6.10 Å². The molecule has 0 radical (unpaired) electrons. The van der Waals surface area contributed by atoms with Crippen molar-refractivity contribution in [3.05, 3.63) is 59.2 Å². The largest absolute Gasteiger partial charge is 0.490 e. The summed E-state index contributed by atoms with van der Waals surface area (Å²) in [5.41, 5.74) is 5.45. The SMILES string of the molecule is CCN1CCC(Oc2ccc3c(c2)N(C)CCN(CC(O)CN2CCc4ccccc4C2)C3)CC1. The van der Waals surface area contributed by atoms with Gasteiger partial charge in [-0.05, 0) is 48.6 Å². The second-order valence-electron chi connectivity index (χ2n) is 10.6. The summed E-state index contributed by atoms with van der Waals surface area (Å²) in [5, 5.41) is 10.9. The average Bonchev–Trinajstić information content (AvgIpc) is 3.03. The van der Waals surface area contributed by atoms with Crippen LogP contribution in [0.5, 0.6) is 5.75 Å². The van der Waals surface area contributed by atoms with Crippen molar-refractivity contribution in [3.63, 3.8) is 0 Å². The molecule has 2 aromatic rings. The Balaban J connectivity index is 1.16. The summed E-state index contributed by atoms with van der Waals surface area (Å²) >= 11 is 0. The Labute approximate surface area is 211 Å². The highest BCUT2D eigenvalue weighted by Gasteiger charge is 2.24. The minimum atomic E-state index is -0.344. The summed E-state index contributed by atoms with van der Waals surface area (Å²) < 4.78 is 6.39. The number of β-amino-alcohol motifs (C(OH)–C–C–N with tert-alkyl or cyclic N) is 1. The Hall–Kier alpha value is -2.12. The van der Waals surface area contributed by atoms with Gasteiger partial charge in [-0.3, -0.25) is 9.80 Å². The lowest BCUT2D eigenvalue weighted by molar-refractivity contribution is 0.0682. The molecule has 2 aromatic carbocycles. The van der Waals surface area contributed by atoms with Crippen molar-refractivity contribution in [2.45, 2.75) is 51.5 Å². The predicted octanol–water partition coefficient (Wildman–Crippen LogP) is 3.22. The minimum absolute atomic E-state index is 0.320. The molecule has 1 atom stereocenters. The average molecular weight is 479 g/mol. The summed E-state index contributed by atoms with van der Waals surface area (Å²) in [6.07, 6.45) is 3.26. The number of nitrogens with zero attached hydrogens (tertiary/aromatic N) is 4. The van der Waals surface area contributed by atoms with E-state index in [2.05, 4.69) is 76.0 Å². The van der Waals surface area contributed by atoms with E-state index in [-0.39, 0.29) is 6.10 Å². The third-order valence-corrected chi connectivity index (χ3v) is 8.05. The van der Waals surface area contributed by atoms with Crippen molar-refractivity contribution in [2.24, 2.45) is 0 Å². The molecular weight excluding hydrogens is 436 g/mol. The van der Waals surface area contributed by atoms with Gasteiger partial charge in [0.15, 0.2) is 0 Å². The molecule has 0 aliphatic carbocycles. The van der Waals surface area contributed by atoms with Crippen LogP contribution in [0.25, 0.3) is 0 Å². The first-order valence-corrected chi connectivity index (χ1v) is 13.5. The lowest BCUT2D eigenvalue weighted by atomic mass is 10.00. The Kier molecular flexibility index (Phi) is 7.93. The molecule has 1 unspecified atom stereocenters. The van der Waals surface area contributed by atoms with Crippen LogP contribution in [0.4, 0.5) is 5.69 Å². The third kappa shape index (κ3) is 6.18. The number of likely N-dealkylation sites (N-methyl/N-ethyl adjacent to an activating group) is 1.